The number of hydrazone groups is 1. The summed E-state index contributed by atoms with van der Waals surface area (Å²) in [5.74, 6) is 0.894. The first-order chi connectivity index (χ1) is 6.84. The topological polar surface area (TPSA) is 18.8 Å². The summed E-state index contributed by atoms with van der Waals surface area (Å²) in [4.78, 5) is 2.59. The molecular formula is C11H21N3. The van der Waals surface area contributed by atoms with E-state index < -0.39 is 0 Å². The van der Waals surface area contributed by atoms with Crippen molar-refractivity contribution in [2.45, 2.75) is 26.2 Å². The van der Waals surface area contributed by atoms with Crippen LogP contribution in [0.4, 0.5) is 0 Å². The Morgan fingerprint density at radius 2 is 2.29 bits per heavy atom. The third kappa shape index (κ3) is 2.71. The first-order valence-electron chi connectivity index (χ1n) is 5.84. The predicted molar refractivity (Wildman–Crippen MR) is 59.5 cm³/mol. The maximum Gasteiger partial charge on any atom is 0.0487 e. The van der Waals surface area contributed by atoms with Gasteiger partial charge in [-0.2, -0.15) is 5.10 Å². The van der Waals surface area contributed by atoms with Gasteiger partial charge in [0.05, 0.1) is 0 Å². The van der Waals surface area contributed by atoms with Crippen molar-refractivity contribution < 1.29 is 0 Å². The number of rotatable bonds is 3. The Bertz CT molecular complexity index is 203. The molecule has 2 rings (SSSR count). The fraction of sp³-hybridized carbons (Fsp3) is 0.909. The van der Waals surface area contributed by atoms with Gasteiger partial charge in [-0.15, -0.1) is 0 Å². The lowest BCUT2D eigenvalue weighted by Gasteiger charge is -2.31. The van der Waals surface area contributed by atoms with Gasteiger partial charge in [-0.3, -0.25) is 5.01 Å². The Hall–Kier alpha value is -0.570. The fourth-order valence-electron chi connectivity index (χ4n) is 2.35. The molecule has 0 N–H and O–H groups in total. The van der Waals surface area contributed by atoms with Gasteiger partial charge in [0.2, 0.25) is 0 Å². The quantitative estimate of drug-likeness (QED) is 0.678. The molecule has 1 atom stereocenters. The van der Waals surface area contributed by atoms with E-state index in [1.54, 1.807) is 0 Å². The molecule has 0 aliphatic carbocycles. The van der Waals surface area contributed by atoms with Crippen LogP contribution in [0, 0.1) is 5.92 Å². The van der Waals surface area contributed by atoms with E-state index in [1.807, 2.05) is 6.21 Å². The van der Waals surface area contributed by atoms with Crippen LogP contribution in [0.2, 0.25) is 0 Å². The summed E-state index contributed by atoms with van der Waals surface area (Å²) in [6, 6.07) is 0. The van der Waals surface area contributed by atoms with Crippen LogP contribution >= 0.6 is 0 Å². The minimum atomic E-state index is 0.894. The van der Waals surface area contributed by atoms with Crippen molar-refractivity contribution in [2.24, 2.45) is 11.0 Å². The molecular weight excluding hydrogens is 174 g/mol. The minimum absolute atomic E-state index is 0.894. The van der Waals surface area contributed by atoms with Crippen LogP contribution in [0.3, 0.4) is 0 Å². The molecule has 2 heterocycles. The monoisotopic (exact) mass is 195 g/mol. The molecule has 80 valence electrons. The molecule has 2 aliphatic rings. The molecule has 0 radical (unpaired) electrons. The standard InChI is InChI=1S/C11H21N3/c1-11-4-2-6-13(10-11)8-9-14-7-3-5-12-14/h5,11H,2-4,6-10H2,1H3. The summed E-state index contributed by atoms with van der Waals surface area (Å²) in [5, 5.41) is 6.51. The molecule has 0 aromatic heterocycles. The minimum Gasteiger partial charge on any atom is -0.301 e. The first kappa shape index (κ1) is 9.97. The first-order valence-corrected chi connectivity index (χ1v) is 5.84. The number of hydrogen-bond donors (Lipinski definition) is 0. The highest BCUT2D eigenvalue weighted by atomic mass is 15.5. The molecule has 0 saturated carbocycles. The summed E-state index contributed by atoms with van der Waals surface area (Å²) >= 11 is 0. The van der Waals surface area contributed by atoms with E-state index >= 15 is 0 Å². The third-order valence-electron chi connectivity index (χ3n) is 3.18. The maximum atomic E-state index is 4.32. The van der Waals surface area contributed by atoms with Crippen molar-refractivity contribution in [3.63, 3.8) is 0 Å². The van der Waals surface area contributed by atoms with Crippen molar-refractivity contribution in [2.75, 3.05) is 32.7 Å². The second kappa shape index (κ2) is 4.78. The lowest BCUT2D eigenvalue weighted by atomic mass is 10.0. The maximum absolute atomic E-state index is 4.32. The highest BCUT2D eigenvalue weighted by Crippen LogP contribution is 2.15. The summed E-state index contributed by atoms with van der Waals surface area (Å²) in [6.45, 7) is 8.38. The van der Waals surface area contributed by atoms with Crippen LogP contribution in [-0.2, 0) is 0 Å². The highest BCUT2D eigenvalue weighted by Gasteiger charge is 2.16. The van der Waals surface area contributed by atoms with Gasteiger partial charge in [-0.05, 0) is 25.3 Å². The van der Waals surface area contributed by atoms with Gasteiger partial charge in [-0.25, -0.2) is 0 Å². The molecule has 0 aromatic rings. The normalized spacial score (nSPS) is 28.6. The molecule has 0 amide bonds. The van der Waals surface area contributed by atoms with Gasteiger partial charge in [-0.1, -0.05) is 6.92 Å². The molecule has 1 unspecified atom stereocenters. The van der Waals surface area contributed by atoms with Crippen LogP contribution in [0.15, 0.2) is 5.10 Å². The van der Waals surface area contributed by atoms with Gasteiger partial charge < -0.3 is 4.90 Å². The van der Waals surface area contributed by atoms with Crippen LogP contribution in [0.25, 0.3) is 0 Å². The number of likely N-dealkylation sites (tertiary alicyclic amines) is 1. The van der Waals surface area contributed by atoms with Crippen LogP contribution in [-0.4, -0.2) is 48.8 Å². The Balaban J connectivity index is 1.66. The molecule has 0 spiro atoms. The number of nitrogens with zero attached hydrogens (tertiary/aromatic N) is 3. The zero-order valence-corrected chi connectivity index (χ0v) is 9.15. The molecule has 14 heavy (non-hydrogen) atoms. The lowest BCUT2D eigenvalue weighted by Crippen LogP contribution is -2.38. The van der Waals surface area contributed by atoms with Crippen molar-refractivity contribution in [1.82, 2.24) is 9.91 Å². The summed E-state index contributed by atoms with van der Waals surface area (Å²) in [6.07, 6.45) is 5.96. The van der Waals surface area contributed by atoms with E-state index in [0.29, 0.717) is 0 Å². The molecule has 3 heteroatoms. The van der Waals surface area contributed by atoms with Gasteiger partial charge in [0.25, 0.3) is 0 Å². The summed E-state index contributed by atoms with van der Waals surface area (Å²) in [7, 11) is 0. The molecule has 1 fully saturated rings. The van der Waals surface area contributed by atoms with Crippen molar-refractivity contribution in [1.29, 1.82) is 0 Å². The smallest absolute Gasteiger partial charge is 0.0487 e. The molecule has 3 nitrogen and oxygen atoms in total. The Labute approximate surface area is 86.8 Å². The van der Waals surface area contributed by atoms with Crippen LogP contribution in [0.1, 0.15) is 26.2 Å². The Morgan fingerprint density at radius 1 is 1.36 bits per heavy atom. The van der Waals surface area contributed by atoms with Gasteiger partial charge in [0.1, 0.15) is 0 Å². The molecule has 2 aliphatic heterocycles. The number of piperidine rings is 1. The van der Waals surface area contributed by atoms with E-state index in [0.717, 1.165) is 25.4 Å². The second-order valence-electron chi connectivity index (χ2n) is 4.59. The van der Waals surface area contributed by atoms with Crippen LogP contribution in [0.5, 0.6) is 0 Å². The van der Waals surface area contributed by atoms with E-state index in [1.165, 1.54) is 32.5 Å². The summed E-state index contributed by atoms with van der Waals surface area (Å²) < 4.78 is 0. The average molecular weight is 195 g/mol. The Morgan fingerprint density at radius 3 is 3.00 bits per heavy atom. The molecule has 0 aromatic carbocycles. The Kier molecular flexibility index (Phi) is 3.40. The van der Waals surface area contributed by atoms with Crippen molar-refractivity contribution in [3.05, 3.63) is 0 Å². The van der Waals surface area contributed by atoms with Gasteiger partial charge in [0, 0.05) is 38.8 Å². The SMILES string of the molecule is CC1CCCN(CCN2CCC=N2)C1. The zero-order valence-electron chi connectivity index (χ0n) is 9.15. The second-order valence-corrected chi connectivity index (χ2v) is 4.59. The molecule has 0 bridgehead atoms. The van der Waals surface area contributed by atoms with E-state index in [4.69, 9.17) is 0 Å². The largest absolute Gasteiger partial charge is 0.301 e. The fourth-order valence-corrected chi connectivity index (χ4v) is 2.35. The van der Waals surface area contributed by atoms with E-state index in [-0.39, 0.29) is 0 Å². The average Bonchev–Trinajstić information content (AvgIpc) is 2.67. The molecule has 1 saturated heterocycles. The van der Waals surface area contributed by atoms with Gasteiger partial charge in [0.15, 0.2) is 0 Å². The third-order valence-corrected chi connectivity index (χ3v) is 3.18. The predicted octanol–water partition coefficient (Wildman–Crippen LogP) is 1.41. The van der Waals surface area contributed by atoms with E-state index in [9.17, 15) is 0 Å². The lowest BCUT2D eigenvalue weighted by molar-refractivity contribution is 0.160. The van der Waals surface area contributed by atoms with Crippen molar-refractivity contribution >= 4 is 6.21 Å². The van der Waals surface area contributed by atoms with Crippen molar-refractivity contribution in [3.8, 4) is 0 Å². The summed E-state index contributed by atoms with van der Waals surface area (Å²) in [5.41, 5.74) is 0. The van der Waals surface area contributed by atoms with Crippen LogP contribution < -0.4 is 0 Å². The highest BCUT2D eigenvalue weighted by molar-refractivity contribution is 5.58. The van der Waals surface area contributed by atoms with E-state index in [2.05, 4.69) is 21.9 Å². The van der Waals surface area contributed by atoms with Gasteiger partial charge >= 0.3 is 0 Å². The number of hydrogen-bond acceptors (Lipinski definition) is 3. The zero-order chi connectivity index (χ0) is 9.80.